The third-order valence-electron chi connectivity index (χ3n) is 6.18. The molecule has 8 heteroatoms. The minimum Gasteiger partial charge on any atom is -0.513 e. The van der Waals surface area contributed by atoms with Crippen LogP contribution in [0, 0.1) is 18.3 Å². The lowest BCUT2D eigenvalue weighted by Gasteiger charge is -2.18. The largest absolute Gasteiger partial charge is 0.513 e. The van der Waals surface area contributed by atoms with Gasteiger partial charge in [0.2, 0.25) is 0 Å². The summed E-state index contributed by atoms with van der Waals surface area (Å²) in [6.45, 7) is 6.61. The molecule has 0 saturated heterocycles. The smallest absolute Gasteiger partial charge is 0.425 e. The van der Waals surface area contributed by atoms with Crippen LogP contribution < -0.4 is 4.74 Å². The number of aliphatic hydroxyl groups is 1. The van der Waals surface area contributed by atoms with Crippen molar-refractivity contribution in [2.75, 3.05) is 0 Å². The van der Waals surface area contributed by atoms with E-state index in [0.717, 1.165) is 40.8 Å². The van der Waals surface area contributed by atoms with Crippen molar-refractivity contribution in [1.82, 2.24) is 4.98 Å². The molecule has 1 aliphatic carbocycles. The number of allylic oxidation sites excluding steroid dienone is 1. The number of aliphatic hydroxyl groups excluding tert-OH is 1. The third kappa shape index (κ3) is 4.66. The Morgan fingerprint density at radius 1 is 1.35 bits per heavy atom. The van der Waals surface area contributed by atoms with Gasteiger partial charge in [-0.15, -0.1) is 11.3 Å². The van der Waals surface area contributed by atoms with Gasteiger partial charge < -0.3 is 9.84 Å². The van der Waals surface area contributed by atoms with Gasteiger partial charge in [0.25, 0.3) is 0 Å². The topological polar surface area (TPSA) is 66.1 Å². The Morgan fingerprint density at radius 3 is 2.79 bits per heavy atom. The number of ether oxygens (including phenoxy) is 1. The molecule has 2 atom stereocenters. The molecule has 4 nitrogen and oxygen atoms in total. The number of alkyl halides is 3. The molecule has 2 aromatic carbocycles. The molecule has 0 bridgehead atoms. The summed E-state index contributed by atoms with van der Waals surface area (Å²) in [5.41, 5.74) is 5.44. The molecule has 176 valence electrons. The lowest BCUT2D eigenvalue weighted by Crippen LogP contribution is -2.31. The zero-order valence-electron chi connectivity index (χ0n) is 18.7. The number of nitriles is 1. The molecule has 4 rings (SSSR count). The fourth-order valence-electron chi connectivity index (χ4n) is 4.36. The summed E-state index contributed by atoms with van der Waals surface area (Å²) in [5.74, 6) is 0.373. The van der Waals surface area contributed by atoms with E-state index in [-0.39, 0.29) is 23.0 Å². The number of halogens is 3. The first-order valence-corrected chi connectivity index (χ1v) is 11.6. The molecule has 0 spiro atoms. The van der Waals surface area contributed by atoms with Crippen LogP contribution in [-0.4, -0.2) is 22.4 Å². The molecule has 34 heavy (non-hydrogen) atoms. The molecule has 0 amide bonds. The number of thiazole rings is 1. The third-order valence-corrected chi connectivity index (χ3v) is 7.26. The van der Waals surface area contributed by atoms with E-state index in [1.807, 2.05) is 12.1 Å². The first-order chi connectivity index (χ1) is 16.1. The lowest BCUT2D eigenvalue weighted by atomic mass is 9.93. The quantitative estimate of drug-likeness (QED) is 0.368. The average molecular weight is 485 g/mol. The summed E-state index contributed by atoms with van der Waals surface area (Å²) in [6, 6.07) is 10.6. The molecule has 2 unspecified atom stereocenters. The number of nitrogens with zero attached hydrogens (tertiary/aromatic N) is 2. The van der Waals surface area contributed by atoms with Gasteiger partial charge in [-0.2, -0.15) is 18.4 Å². The Kier molecular flexibility index (Phi) is 6.41. The lowest BCUT2D eigenvalue weighted by molar-refractivity contribution is -0.189. The van der Waals surface area contributed by atoms with Crippen molar-refractivity contribution >= 4 is 11.3 Å². The van der Waals surface area contributed by atoms with Gasteiger partial charge in [-0.3, -0.25) is 0 Å². The van der Waals surface area contributed by atoms with E-state index < -0.39 is 12.3 Å². The molecule has 0 radical (unpaired) electrons. The predicted molar refractivity (Wildman–Crippen MR) is 126 cm³/mol. The molecular formula is C26H23F3N2O2S. The molecule has 0 aliphatic heterocycles. The number of hydrogen-bond acceptors (Lipinski definition) is 5. The molecule has 0 fully saturated rings. The van der Waals surface area contributed by atoms with Gasteiger partial charge in [-0.1, -0.05) is 18.7 Å². The van der Waals surface area contributed by atoms with Crippen molar-refractivity contribution in [2.24, 2.45) is 0 Å². The van der Waals surface area contributed by atoms with Gasteiger partial charge in [0.15, 0.2) is 6.10 Å². The first kappa shape index (κ1) is 23.8. The second kappa shape index (κ2) is 9.15. The van der Waals surface area contributed by atoms with E-state index in [1.54, 1.807) is 12.3 Å². The molecule has 3 aromatic rings. The summed E-state index contributed by atoms with van der Waals surface area (Å²) in [6.07, 6.45) is -2.35. The maximum atomic E-state index is 12.8. The van der Waals surface area contributed by atoms with Crippen LogP contribution in [0.2, 0.25) is 0 Å². The summed E-state index contributed by atoms with van der Waals surface area (Å²) >= 11 is 1.46. The maximum Gasteiger partial charge on any atom is 0.425 e. The summed E-state index contributed by atoms with van der Waals surface area (Å²) < 4.78 is 43.5. The highest BCUT2D eigenvalue weighted by Crippen LogP contribution is 2.43. The minimum absolute atomic E-state index is 0.0359. The first-order valence-electron chi connectivity index (χ1n) is 10.8. The van der Waals surface area contributed by atoms with Crippen molar-refractivity contribution in [2.45, 2.75) is 51.3 Å². The second-order valence-corrected chi connectivity index (χ2v) is 9.50. The highest BCUT2D eigenvalue weighted by atomic mass is 32.1. The Morgan fingerprint density at radius 2 is 2.12 bits per heavy atom. The number of aromatic nitrogens is 1. The van der Waals surface area contributed by atoms with Crippen LogP contribution in [0.4, 0.5) is 13.2 Å². The maximum absolute atomic E-state index is 12.8. The fraction of sp³-hybridized carbons (Fsp3) is 0.308. The average Bonchev–Trinajstić information content (AvgIpc) is 3.41. The molecule has 1 aliphatic rings. The molecule has 1 heterocycles. The summed E-state index contributed by atoms with van der Waals surface area (Å²) in [7, 11) is 0. The highest BCUT2D eigenvalue weighted by Gasteiger charge is 2.38. The van der Waals surface area contributed by atoms with Crippen LogP contribution >= 0.6 is 11.3 Å². The Labute approximate surface area is 200 Å². The number of benzene rings is 2. The van der Waals surface area contributed by atoms with Gasteiger partial charge >= 0.3 is 6.18 Å². The van der Waals surface area contributed by atoms with Crippen LogP contribution in [0.3, 0.4) is 0 Å². The normalized spacial score (nSPS) is 16.1. The van der Waals surface area contributed by atoms with Gasteiger partial charge in [0.05, 0.1) is 16.2 Å². The van der Waals surface area contributed by atoms with E-state index in [0.29, 0.717) is 12.0 Å². The predicted octanol–water partition coefficient (Wildman–Crippen LogP) is 7.48. The fourth-order valence-corrected chi connectivity index (χ4v) is 5.35. The van der Waals surface area contributed by atoms with Gasteiger partial charge in [-0.25, -0.2) is 4.98 Å². The second-order valence-electron chi connectivity index (χ2n) is 8.47. The van der Waals surface area contributed by atoms with E-state index >= 15 is 0 Å². The highest BCUT2D eigenvalue weighted by molar-refractivity contribution is 7.18. The zero-order valence-corrected chi connectivity index (χ0v) is 19.6. The van der Waals surface area contributed by atoms with E-state index in [9.17, 15) is 23.5 Å². The Balaban J connectivity index is 1.61. The summed E-state index contributed by atoms with van der Waals surface area (Å²) in [4.78, 5) is 5.38. The molecule has 1 aromatic heterocycles. The van der Waals surface area contributed by atoms with Gasteiger partial charge in [0.1, 0.15) is 16.8 Å². The summed E-state index contributed by atoms with van der Waals surface area (Å²) in [5, 5.41) is 19.9. The zero-order chi connectivity index (χ0) is 24.6. The number of fused-ring (bicyclic) bond motifs is 1. The van der Waals surface area contributed by atoms with Crippen LogP contribution in [0.15, 0.2) is 48.9 Å². The van der Waals surface area contributed by atoms with E-state index in [4.69, 9.17) is 4.74 Å². The van der Waals surface area contributed by atoms with Crippen LogP contribution in [0.1, 0.15) is 47.9 Å². The van der Waals surface area contributed by atoms with Crippen molar-refractivity contribution in [3.8, 4) is 32.8 Å². The monoisotopic (exact) mass is 484 g/mol. The molecule has 1 N–H and O–H groups in total. The van der Waals surface area contributed by atoms with E-state index in [1.165, 1.54) is 34.6 Å². The Bertz CT molecular complexity index is 1290. The van der Waals surface area contributed by atoms with E-state index in [2.05, 4.69) is 24.6 Å². The van der Waals surface area contributed by atoms with Crippen LogP contribution in [-0.2, 0) is 6.42 Å². The van der Waals surface area contributed by atoms with Crippen LogP contribution in [0.25, 0.3) is 21.0 Å². The van der Waals surface area contributed by atoms with Crippen molar-refractivity contribution in [1.29, 1.82) is 5.26 Å². The number of hydrogen-bond donors (Lipinski definition) is 1. The molecule has 0 saturated carbocycles. The minimum atomic E-state index is -4.52. The van der Waals surface area contributed by atoms with Crippen molar-refractivity contribution < 1.29 is 23.0 Å². The molecular weight excluding hydrogens is 461 g/mol. The Hall–Kier alpha value is -3.31. The van der Waals surface area contributed by atoms with Gasteiger partial charge in [-0.05, 0) is 73.1 Å². The SMILES string of the molecule is C=C(O)CC1CCc2c1ccc(-c1ncc(-c3ccc(OC(C)C(F)(F)F)c(C#N)c3)s1)c2C. The van der Waals surface area contributed by atoms with Crippen LogP contribution in [0.5, 0.6) is 5.75 Å². The standard InChI is InChI=1S/C26H23F3N2O2S/c1-14(32)10-17-4-6-20-15(2)21(7-8-22(17)20)25-31-13-24(34-25)18-5-9-23(19(11-18)12-30)33-16(3)26(27,28)29/h5,7-9,11,13,16-17,32H,1,4,6,10H2,2-3H3. The van der Waals surface area contributed by atoms with Crippen molar-refractivity contribution in [3.63, 3.8) is 0 Å². The van der Waals surface area contributed by atoms with Crippen molar-refractivity contribution in [3.05, 3.63) is 71.1 Å². The number of rotatable bonds is 6. The van der Waals surface area contributed by atoms with Gasteiger partial charge in [0, 0.05) is 18.2 Å².